The lowest BCUT2D eigenvalue weighted by Gasteiger charge is -2.17. The third-order valence-corrected chi connectivity index (χ3v) is 6.42. The topological polar surface area (TPSA) is 84.5 Å². The number of para-hydroxylation sites is 1. The second-order valence-corrected chi connectivity index (χ2v) is 9.57. The normalized spacial score (nSPS) is 14.1. The third kappa shape index (κ3) is 5.36. The number of carbonyl (C=O) groups is 1. The van der Waals surface area contributed by atoms with Crippen LogP contribution in [0, 0.1) is 13.8 Å². The Balaban J connectivity index is 1.65. The Morgan fingerprint density at radius 3 is 2.48 bits per heavy atom. The molecule has 0 aliphatic heterocycles. The van der Waals surface area contributed by atoms with Crippen molar-refractivity contribution in [2.75, 3.05) is 11.9 Å². The number of nitrogens with one attached hydrogen (secondary N) is 2. The van der Waals surface area contributed by atoms with E-state index in [9.17, 15) is 13.2 Å². The fourth-order valence-electron chi connectivity index (χ4n) is 3.10. The molecule has 0 bridgehead atoms. The molecule has 29 heavy (non-hydrogen) atoms. The number of rotatable bonds is 8. The number of aryl methyl sites for hydroxylation is 2. The second kappa shape index (κ2) is 8.55. The van der Waals surface area contributed by atoms with E-state index < -0.39 is 10.0 Å². The van der Waals surface area contributed by atoms with E-state index in [1.54, 1.807) is 19.1 Å². The van der Waals surface area contributed by atoms with Crippen LogP contribution in [0.5, 0.6) is 5.75 Å². The molecule has 1 aliphatic rings. The van der Waals surface area contributed by atoms with Gasteiger partial charge >= 0.3 is 0 Å². The van der Waals surface area contributed by atoms with Gasteiger partial charge in [-0.25, -0.2) is 13.1 Å². The summed E-state index contributed by atoms with van der Waals surface area (Å²) in [6, 6.07) is 10.7. The van der Waals surface area contributed by atoms with Crippen molar-refractivity contribution in [3.63, 3.8) is 0 Å². The number of sulfonamides is 1. The lowest BCUT2D eigenvalue weighted by atomic mass is 9.98. The summed E-state index contributed by atoms with van der Waals surface area (Å²) >= 11 is 0. The largest absolute Gasteiger partial charge is 0.483 e. The predicted molar refractivity (Wildman–Crippen MR) is 114 cm³/mol. The van der Waals surface area contributed by atoms with Crippen LogP contribution in [-0.4, -0.2) is 27.0 Å². The molecule has 0 unspecified atom stereocenters. The first-order valence-corrected chi connectivity index (χ1v) is 11.3. The average molecular weight is 417 g/mol. The summed E-state index contributed by atoms with van der Waals surface area (Å²) in [6.07, 6.45) is 1.77. The molecule has 7 heteroatoms. The monoisotopic (exact) mass is 416 g/mol. The molecule has 0 atom stereocenters. The fourth-order valence-corrected chi connectivity index (χ4v) is 4.49. The Kier molecular flexibility index (Phi) is 6.29. The maximum absolute atomic E-state index is 12.4. The average Bonchev–Trinajstić information content (AvgIpc) is 3.45. The predicted octanol–water partition coefficient (Wildman–Crippen LogP) is 3.89. The number of hydrogen-bond donors (Lipinski definition) is 2. The molecule has 0 saturated heterocycles. The van der Waals surface area contributed by atoms with Crippen LogP contribution in [0.4, 0.5) is 5.69 Å². The van der Waals surface area contributed by atoms with Crippen LogP contribution in [0.25, 0.3) is 0 Å². The van der Waals surface area contributed by atoms with Gasteiger partial charge in [-0.1, -0.05) is 32.0 Å². The highest BCUT2D eigenvalue weighted by Crippen LogP contribution is 2.28. The Hall–Kier alpha value is -2.38. The van der Waals surface area contributed by atoms with Crippen molar-refractivity contribution < 1.29 is 17.9 Å². The maximum atomic E-state index is 12.4. The quantitative estimate of drug-likeness (QED) is 0.684. The number of amides is 1. The molecule has 2 N–H and O–H groups in total. The van der Waals surface area contributed by atoms with E-state index in [2.05, 4.69) is 23.9 Å². The van der Waals surface area contributed by atoms with Crippen molar-refractivity contribution in [1.29, 1.82) is 0 Å². The van der Waals surface area contributed by atoms with Crippen LogP contribution in [0.2, 0.25) is 0 Å². The summed E-state index contributed by atoms with van der Waals surface area (Å²) in [5, 5.41) is 2.94. The van der Waals surface area contributed by atoms with Crippen molar-refractivity contribution in [3.05, 3.63) is 53.1 Å². The summed E-state index contributed by atoms with van der Waals surface area (Å²) in [4.78, 5) is 12.6. The molecule has 2 aromatic carbocycles. The van der Waals surface area contributed by atoms with Gasteiger partial charge < -0.3 is 10.1 Å². The first kappa shape index (κ1) is 21.3. The van der Waals surface area contributed by atoms with Gasteiger partial charge in [0, 0.05) is 11.7 Å². The van der Waals surface area contributed by atoms with Gasteiger partial charge in [0.05, 0.1) is 4.90 Å². The van der Waals surface area contributed by atoms with Gasteiger partial charge in [-0.2, -0.15) is 0 Å². The van der Waals surface area contributed by atoms with E-state index in [-0.39, 0.29) is 29.4 Å². The van der Waals surface area contributed by atoms with Gasteiger partial charge in [0.2, 0.25) is 10.0 Å². The molecule has 1 amide bonds. The number of carbonyl (C=O) groups excluding carboxylic acids is 1. The Bertz CT molecular complexity index is 1010. The molecule has 2 aromatic rings. The third-order valence-electron chi connectivity index (χ3n) is 4.91. The zero-order chi connectivity index (χ0) is 21.2. The van der Waals surface area contributed by atoms with Crippen LogP contribution in [0.15, 0.2) is 41.3 Å². The van der Waals surface area contributed by atoms with E-state index in [0.29, 0.717) is 11.3 Å². The van der Waals surface area contributed by atoms with Crippen molar-refractivity contribution in [3.8, 4) is 5.75 Å². The smallest absolute Gasteiger partial charge is 0.262 e. The molecule has 3 rings (SSSR count). The Labute approximate surface area is 172 Å². The standard InChI is InChI=1S/C22H28N2O4S/c1-14(2)19-7-5-6-15(3)22(19)23-21(25)13-28-20-11-10-18(12-16(20)4)29(26,27)24-17-8-9-17/h5-7,10-12,14,17,24H,8-9,13H2,1-4H3,(H,23,25). The zero-order valence-electron chi connectivity index (χ0n) is 17.3. The number of benzene rings is 2. The van der Waals surface area contributed by atoms with Crippen LogP contribution in [-0.2, 0) is 14.8 Å². The minimum atomic E-state index is -3.51. The van der Waals surface area contributed by atoms with Gasteiger partial charge in [0.15, 0.2) is 6.61 Å². The van der Waals surface area contributed by atoms with Gasteiger partial charge in [-0.3, -0.25) is 4.79 Å². The first-order valence-electron chi connectivity index (χ1n) is 9.82. The Morgan fingerprint density at radius 1 is 1.14 bits per heavy atom. The van der Waals surface area contributed by atoms with E-state index in [0.717, 1.165) is 29.7 Å². The van der Waals surface area contributed by atoms with E-state index >= 15 is 0 Å². The molecule has 156 valence electrons. The van der Waals surface area contributed by atoms with E-state index in [1.807, 2.05) is 25.1 Å². The van der Waals surface area contributed by atoms with Crippen LogP contribution in [0.1, 0.15) is 49.3 Å². The maximum Gasteiger partial charge on any atom is 0.262 e. The fraction of sp³-hybridized carbons (Fsp3) is 0.409. The molecule has 1 saturated carbocycles. The van der Waals surface area contributed by atoms with Gasteiger partial charge in [0.25, 0.3) is 5.91 Å². The summed E-state index contributed by atoms with van der Waals surface area (Å²) in [5.41, 5.74) is 3.56. The van der Waals surface area contributed by atoms with Crippen molar-refractivity contribution >= 4 is 21.6 Å². The lowest BCUT2D eigenvalue weighted by Crippen LogP contribution is -2.25. The minimum Gasteiger partial charge on any atom is -0.483 e. The van der Waals surface area contributed by atoms with Gasteiger partial charge in [0.1, 0.15) is 5.75 Å². The van der Waals surface area contributed by atoms with Crippen molar-refractivity contribution in [2.45, 2.75) is 57.4 Å². The van der Waals surface area contributed by atoms with Crippen LogP contribution in [0.3, 0.4) is 0 Å². The highest BCUT2D eigenvalue weighted by molar-refractivity contribution is 7.89. The SMILES string of the molecule is Cc1cc(S(=O)(=O)NC2CC2)ccc1OCC(=O)Nc1c(C)cccc1C(C)C. The highest BCUT2D eigenvalue weighted by Gasteiger charge is 2.28. The van der Waals surface area contributed by atoms with Crippen molar-refractivity contribution in [1.82, 2.24) is 4.72 Å². The van der Waals surface area contributed by atoms with Gasteiger partial charge in [-0.05, 0) is 67.5 Å². The summed E-state index contributed by atoms with van der Waals surface area (Å²) < 4.78 is 32.9. The first-order chi connectivity index (χ1) is 13.7. The molecule has 1 fully saturated rings. The number of anilines is 1. The van der Waals surface area contributed by atoms with Crippen LogP contribution < -0.4 is 14.8 Å². The Morgan fingerprint density at radius 2 is 1.86 bits per heavy atom. The molecule has 0 spiro atoms. The zero-order valence-corrected chi connectivity index (χ0v) is 18.1. The minimum absolute atomic E-state index is 0.0529. The molecule has 6 nitrogen and oxygen atoms in total. The van der Waals surface area contributed by atoms with Crippen molar-refractivity contribution in [2.24, 2.45) is 0 Å². The summed E-state index contributed by atoms with van der Waals surface area (Å²) in [7, 11) is -3.51. The molecule has 0 aromatic heterocycles. The number of hydrogen-bond acceptors (Lipinski definition) is 4. The molecular formula is C22H28N2O4S. The summed E-state index contributed by atoms with van der Waals surface area (Å²) in [6.45, 7) is 7.73. The summed E-state index contributed by atoms with van der Waals surface area (Å²) in [5.74, 6) is 0.513. The second-order valence-electron chi connectivity index (χ2n) is 7.85. The molecule has 1 aliphatic carbocycles. The molecule has 0 radical (unpaired) electrons. The molecular weight excluding hydrogens is 388 g/mol. The van der Waals surface area contributed by atoms with Gasteiger partial charge in [-0.15, -0.1) is 0 Å². The van der Waals surface area contributed by atoms with Crippen LogP contribution >= 0.6 is 0 Å². The van der Waals surface area contributed by atoms with E-state index in [1.165, 1.54) is 6.07 Å². The lowest BCUT2D eigenvalue weighted by molar-refractivity contribution is -0.118. The van der Waals surface area contributed by atoms with E-state index in [4.69, 9.17) is 4.74 Å². The highest BCUT2D eigenvalue weighted by atomic mass is 32.2. The molecule has 0 heterocycles. The number of ether oxygens (including phenoxy) is 1.